The van der Waals surface area contributed by atoms with E-state index in [-0.39, 0.29) is 29.7 Å². The predicted octanol–water partition coefficient (Wildman–Crippen LogP) is 0.762. The van der Waals surface area contributed by atoms with Crippen molar-refractivity contribution < 1.29 is 19.4 Å². The highest BCUT2D eigenvalue weighted by Crippen LogP contribution is 2.38. The summed E-state index contributed by atoms with van der Waals surface area (Å²) in [4.78, 5) is 23.4. The van der Waals surface area contributed by atoms with Crippen LogP contribution in [0.3, 0.4) is 0 Å². The number of amides is 1. The lowest BCUT2D eigenvalue weighted by Gasteiger charge is -2.36. The molecular formula is C15H26N2O4. The quantitative estimate of drug-likeness (QED) is 0.674. The van der Waals surface area contributed by atoms with Gasteiger partial charge in [0.25, 0.3) is 0 Å². The molecule has 1 aliphatic heterocycles. The van der Waals surface area contributed by atoms with E-state index < -0.39 is 5.97 Å². The number of carbonyl (C=O) groups is 2. The van der Waals surface area contributed by atoms with Crippen LogP contribution in [0, 0.1) is 11.3 Å². The molecular weight excluding hydrogens is 272 g/mol. The summed E-state index contributed by atoms with van der Waals surface area (Å²) in [5, 5.41) is 15.2. The number of rotatable bonds is 6. The summed E-state index contributed by atoms with van der Waals surface area (Å²) in [6.45, 7) is 1.45. The number of carboxylic acids is 1. The van der Waals surface area contributed by atoms with Gasteiger partial charge in [0, 0.05) is 12.6 Å². The van der Waals surface area contributed by atoms with Crippen molar-refractivity contribution in [2.75, 3.05) is 26.8 Å². The Bertz CT molecular complexity index is 380. The molecule has 1 heterocycles. The van der Waals surface area contributed by atoms with Gasteiger partial charge >= 0.3 is 5.97 Å². The van der Waals surface area contributed by atoms with Crippen molar-refractivity contribution in [1.29, 1.82) is 0 Å². The third-order valence-corrected chi connectivity index (χ3v) is 4.87. The molecule has 0 aromatic carbocycles. The van der Waals surface area contributed by atoms with E-state index in [0.29, 0.717) is 19.8 Å². The Labute approximate surface area is 125 Å². The van der Waals surface area contributed by atoms with Crippen LogP contribution in [0.15, 0.2) is 0 Å². The third kappa shape index (κ3) is 4.17. The minimum absolute atomic E-state index is 0.0258. The molecule has 2 unspecified atom stereocenters. The Hall–Kier alpha value is -1.14. The van der Waals surface area contributed by atoms with Crippen molar-refractivity contribution >= 4 is 11.9 Å². The van der Waals surface area contributed by atoms with E-state index in [1.54, 1.807) is 0 Å². The van der Waals surface area contributed by atoms with Crippen LogP contribution in [-0.4, -0.2) is 49.8 Å². The van der Waals surface area contributed by atoms with Gasteiger partial charge in [-0.15, -0.1) is 0 Å². The maximum absolute atomic E-state index is 12.3. The average Bonchev–Trinajstić information content (AvgIpc) is 2.93. The summed E-state index contributed by atoms with van der Waals surface area (Å²) >= 11 is 0. The van der Waals surface area contributed by atoms with Crippen LogP contribution in [-0.2, 0) is 14.3 Å². The summed E-state index contributed by atoms with van der Waals surface area (Å²) in [5.74, 6) is -0.980. The average molecular weight is 298 g/mol. The number of carboxylic acid groups (broad SMARTS) is 1. The number of nitrogens with one attached hydrogen (secondary N) is 2. The Morgan fingerprint density at radius 1 is 1.24 bits per heavy atom. The SMILES string of the molecule is CNC1COCC1C(=O)NCC1(CC(=O)O)CCCCC1. The number of hydrogen-bond acceptors (Lipinski definition) is 4. The first-order valence-electron chi connectivity index (χ1n) is 7.81. The van der Waals surface area contributed by atoms with Crippen molar-refractivity contribution in [3.05, 3.63) is 0 Å². The molecule has 0 aromatic heterocycles. The smallest absolute Gasteiger partial charge is 0.303 e. The minimum atomic E-state index is -0.775. The van der Waals surface area contributed by atoms with Crippen LogP contribution in [0.2, 0.25) is 0 Å². The summed E-state index contributed by atoms with van der Waals surface area (Å²) in [7, 11) is 1.83. The molecule has 2 fully saturated rings. The van der Waals surface area contributed by atoms with Crippen LogP contribution < -0.4 is 10.6 Å². The van der Waals surface area contributed by atoms with Crippen LogP contribution in [0.25, 0.3) is 0 Å². The van der Waals surface area contributed by atoms with Crippen LogP contribution >= 0.6 is 0 Å². The Morgan fingerprint density at radius 2 is 1.95 bits per heavy atom. The molecule has 0 bridgehead atoms. The van der Waals surface area contributed by atoms with Gasteiger partial charge in [-0.25, -0.2) is 0 Å². The standard InChI is InChI=1S/C15H26N2O4/c1-16-12-9-21-8-11(12)14(20)17-10-15(7-13(18)19)5-3-2-4-6-15/h11-12,16H,2-10H2,1H3,(H,17,20)(H,18,19). The van der Waals surface area contributed by atoms with Crippen molar-refractivity contribution in [2.24, 2.45) is 11.3 Å². The molecule has 3 N–H and O–H groups in total. The van der Waals surface area contributed by atoms with Crippen molar-refractivity contribution in [3.63, 3.8) is 0 Å². The van der Waals surface area contributed by atoms with Gasteiger partial charge in [0.15, 0.2) is 0 Å². The molecule has 6 nitrogen and oxygen atoms in total. The van der Waals surface area contributed by atoms with Crippen LogP contribution in [0.5, 0.6) is 0 Å². The summed E-state index contributed by atoms with van der Waals surface area (Å²) < 4.78 is 5.35. The van der Waals surface area contributed by atoms with Gasteiger partial charge in [-0.05, 0) is 25.3 Å². The summed E-state index contributed by atoms with van der Waals surface area (Å²) in [6, 6.07) is 0.0479. The number of carbonyl (C=O) groups excluding carboxylic acids is 1. The molecule has 120 valence electrons. The van der Waals surface area contributed by atoms with Gasteiger partial charge in [-0.2, -0.15) is 0 Å². The Kier molecular flexibility index (Phi) is 5.58. The van der Waals surface area contributed by atoms with Crippen LogP contribution in [0.4, 0.5) is 0 Å². The zero-order valence-corrected chi connectivity index (χ0v) is 12.7. The maximum atomic E-state index is 12.3. The zero-order valence-electron chi connectivity index (χ0n) is 12.7. The molecule has 0 aromatic rings. The fraction of sp³-hybridized carbons (Fsp3) is 0.867. The first-order chi connectivity index (χ1) is 10.1. The second kappa shape index (κ2) is 7.22. The highest BCUT2D eigenvalue weighted by molar-refractivity contribution is 5.80. The van der Waals surface area contributed by atoms with E-state index in [0.717, 1.165) is 32.1 Å². The topological polar surface area (TPSA) is 87.7 Å². The molecule has 2 rings (SSSR count). The Balaban J connectivity index is 1.91. The molecule has 6 heteroatoms. The van der Waals surface area contributed by atoms with Gasteiger partial charge in [-0.3, -0.25) is 9.59 Å². The molecule has 1 saturated carbocycles. The lowest BCUT2D eigenvalue weighted by atomic mass is 9.71. The van der Waals surface area contributed by atoms with Gasteiger partial charge in [0.05, 0.1) is 25.6 Å². The van der Waals surface area contributed by atoms with Crippen molar-refractivity contribution in [1.82, 2.24) is 10.6 Å². The molecule has 2 atom stereocenters. The van der Waals surface area contributed by atoms with E-state index in [1.807, 2.05) is 7.05 Å². The number of aliphatic carboxylic acids is 1. The van der Waals surface area contributed by atoms with Gasteiger partial charge < -0.3 is 20.5 Å². The van der Waals surface area contributed by atoms with E-state index in [4.69, 9.17) is 9.84 Å². The molecule has 1 saturated heterocycles. The summed E-state index contributed by atoms with van der Waals surface area (Å²) in [6.07, 6.45) is 5.17. The first-order valence-corrected chi connectivity index (χ1v) is 7.81. The summed E-state index contributed by atoms with van der Waals surface area (Å²) in [5.41, 5.74) is -0.269. The second-order valence-corrected chi connectivity index (χ2v) is 6.39. The number of hydrogen-bond donors (Lipinski definition) is 3. The lowest BCUT2D eigenvalue weighted by molar-refractivity contribution is -0.141. The monoisotopic (exact) mass is 298 g/mol. The van der Waals surface area contributed by atoms with E-state index in [2.05, 4.69) is 10.6 Å². The minimum Gasteiger partial charge on any atom is -0.481 e. The van der Waals surface area contributed by atoms with Gasteiger partial charge in [0.2, 0.25) is 5.91 Å². The highest BCUT2D eigenvalue weighted by Gasteiger charge is 2.37. The second-order valence-electron chi connectivity index (χ2n) is 6.39. The fourth-order valence-electron chi connectivity index (χ4n) is 3.54. The zero-order chi connectivity index (χ0) is 15.3. The Morgan fingerprint density at radius 3 is 2.57 bits per heavy atom. The number of ether oxygens (including phenoxy) is 1. The van der Waals surface area contributed by atoms with E-state index in [9.17, 15) is 9.59 Å². The van der Waals surface area contributed by atoms with E-state index >= 15 is 0 Å². The normalized spacial score (nSPS) is 28.2. The highest BCUT2D eigenvalue weighted by atomic mass is 16.5. The predicted molar refractivity (Wildman–Crippen MR) is 77.9 cm³/mol. The molecule has 0 radical (unpaired) electrons. The lowest BCUT2D eigenvalue weighted by Crippen LogP contribution is -2.47. The molecule has 1 aliphatic carbocycles. The largest absolute Gasteiger partial charge is 0.481 e. The first kappa shape index (κ1) is 16.2. The molecule has 0 spiro atoms. The van der Waals surface area contributed by atoms with Gasteiger partial charge in [-0.1, -0.05) is 19.3 Å². The van der Waals surface area contributed by atoms with Gasteiger partial charge in [0.1, 0.15) is 0 Å². The van der Waals surface area contributed by atoms with E-state index in [1.165, 1.54) is 0 Å². The van der Waals surface area contributed by atoms with Crippen molar-refractivity contribution in [3.8, 4) is 0 Å². The maximum Gasteiger partial charge on any atom is 0.303 e. The molecule has 1 amide bonds. The third-order valence-electron chi connectivity index (χ3n) is 4.87. The van der Waals surface area contributed by atoms with Crippen LogP contribution in [0.1, 0.15) is 38.5 Å². The molecule has 2 aliphatic rings. The fourth-order valence-corrected chi connectivity index (χ4v) is 3.54. The number of likely N-dealkylation sites (N-methyl/N-ethyl adjacent to an activating group) is 1. The van der Waals surface area contributed by atoms with Crippen molar-refractivity contribution in [2.45, 2.75) is 44.6 Å². The molecule has 21 heavy (non-hydrogen) atoms.